The second-order valence-electron chi connectivity index (χ2n) is 4.34. The Balaban J connectivity index is 1.91. The largest absolute Gasteiger partial charge is 0.433 e. The lowest BCUT2D eigenvalue weighted by Crippen LogP contribution is -2.27. The van der Waals surface area contributed by atoms with Gasteiger partial charge in [0.2, 0.25) is 5.91 Å². The van der Waals surface area contributed by atoms with Crippen LogP contribution >= 0.6 is 23.1 Å². The number of hydrogen-bond acceptors (Lipinski definition) is 5. The second-order valence-corrected chi connectivity index (χ2v) is 6.31. The van der Waals surface area contributed by atoms with E-state index < -0.39 is 11.9 Å². The Hall–Kier alpha value is -1.61. The molecule has 0 aliphatic heterocycles. The maximum absolute atomic E-state index is 12.5. The summed E-state index contributed by atoms with van der Waals surface area (Å²) in [6, 6.07) is 4.61. The minimum absolute atomic E-state index is 0.0107. The van der Waals surface area contributed by atoms with Crippen molar-refractivity contribution in [3.8, 4) is 0 Å². The van der Waals surface area contributed by atoms with E-state index in [1.54, 1.807) is 7.05 Å². The summed E-state index contributed by atoms with van der Waals surface area (Å²) in [6.07, 6.45) is -3.48. The van der Waals surface area contributed by atoms with Gasteiger partial charge in [0.15, 0.2) is 5.16 Å². The maximum Gasteiger partial charge on any atom is 0.433 e. The molecule has 0 fully saturated rings. The fourth-order valence-electron chi connectivity index (χ4n) is 1.53. The van der Waals surface area contributed by atoms with Gasteiger partial charge in [-0.3, -0.25) is 4.79 Å². The minimum Gasteiger partial charge on any atom is -0.340 e. The van der Waals surface area contributed by atoms with Crippen LogP contribution < -0.4 is 0 Å². The molecule has 0 bridgehead atoms. The normalized spacial score (nSPS) is 11.5. The molecule has 1 amide bonds. The first-order valence-corrected chi connectivity index (χ1v) is 8.02. The first kappa shape index (κ1) is 16.8. The lowest BCUT2D eigenvalue weighted by molar-refractivity contribution is -0.141. The Bertz CT molecular complexity index is 632. The topological polar surface area (TPSA) is 46.1 Å². The Morgan fingerprint density at radius 3 is 2.82 bits per heavy atom. The number of alkyl halides is 3. The quantitative estimate of drug-likeness (QED) is 0.615. The molecule has 0 aliphatic carbocycles. The van der Waals surface area contributed by atoms with Crippen LogP contribution in [0, 0.1) is 0 Å². The summed E-state index contributed by atoms with van der Waals surface area (Å²) in [4.78, 5) is 21.7. The van der Waals surface area contributed by atoms with Crippen molar-refractivity contribution < 1.29 is 18.0 Å². The van der Waals surface area contributed by atoms with Gasteiger partial charge >= 0.3 is 6.18 Å². The van der Waals surface area contributed by atoms with Crippen molar-refractivity contribution in [3.05, 3.63) is 40.3 Å². The smallest absolute Gasteiger partial charge is 0.340 e. The van der Waals surface area contributed by atoms with Crippen LogP contribution in [-0.4, -0.2) is 33.6 Å². The van der Waals surface area contributed by atoms with Crippen LogP contribution in [0.25, 0.3) is 0 Å². The molecule has 2 aromatic rings. The van der Waals surface area contributed by atoms with Crippen molar-refractivity contribution in [2.24, 2.45) is 0 Å². The number of carbonyl (C=O) groups excluding carboxylic acids is 1. The van der Waals surface area contributed by atoms with E-state index in [-0.39, 0.29) is 16.8 Å². The summed E-state index contributed by atoms with van der Waals surface area (Å²) in [5, 5.41) is 1.85. The molecule has 118 valence electrons. The van der Waals surface area contributed by atoms with Gasteiger partial charge in [0.1, 0.15) is 5.69 Å². The van der Waals surface area contributed by atoms with Crippen molar-refractivity contribution in [1.82, 2.24) is 14.9 Å². The van der Waals surface area contributed by atoms with Crippen molar-refractivity contribution in [1.29, 1.82) is 0 Å². The molecule has 22 heavy (non-hydrogen) atoms. The number of halogens is 3. The third-order valence-electron chi connectivity index (χ3n) is 2.65. The average Bonchev–Trinajstić information content (AvgIpc) is 2.97. The number of amides is 1. The Kier molecular flexibility index (Phi) is 5.41. The molecule has 0 atom stereocenters. The number of carbonyl (C=O) groups is 1. The lowest BCUT2D eigenvalue weighted by atomic mass is 10.4. The third kappa shape index (κ3) is 4.70. The van der Waals surface area contributed by atoms with Crippen LogP contribution in [0.2, 0.25) is 0 Å². The van der Waals surface area contributed by atoms with E-state index in [4.69, 9.17) is 0 Å². The average molecular weight is 347 g/mol. The highest BCUT2D eigenvalue weighted by Crippen LogP contribution is 2.28. The maximum atomic E-state index is 12.5. The molecule has 9 heteroatoms. The zero-order valence-electron chi connectivity index (χ0n) is 11.5. The Morgan fingerprint density at radius 1 is 1.41 bits per heavy atom. The highest BCUT2D eigenvalue weighted by atomic mass is 32.2. The van der Waals surface area contributed by atoms with Crippen molar-refractivity contribution >= 4 is 29.0 Å². The van der Waals surface area contributed by atoms with Gasteiger partial charge in [0.05, 0.1) is 12.3 Å². The predicted octanol–water partition coefficient (Wildman–Crippen LogP) is 3.31. The fraction of sp³-hybridized carbons (Fsp3) is 0.308. The van der Waals surface area contributed by atoms with Crippen molar-refractivity contribution in [3.63, 3.8) is 0 Å². The molecule has 2 aromatic heterocycles. The minimum atomic E-state index is -4.52. The number of aromatic nitrogens is 2. The van der Waals surface area contributed by atoms with E-state index in [1.807, 2.05) is 17.5 Å². The van der Waals surface area contributed by atoms with Gasteiger partial charge in [-0.1, -0.05) is 17.8 Å². The molecule has 0 radical (unpaired) electrons. The van der Waals surface area contributed by atoms with Crippen molar-refractivity contribution in [2.75, 3.05) is 12.8 Å². The van der Waals surface area contributed by atoms with Gasteiger partial charge in [0, 0.05) is 18.1 Å². The van der Waals surface area contributed by atoms with Crippen LogP contribution in [0.4, 0.5) is 13.2 Å². The standard InChI is InChI=1S/C13H12F3N3OS2/c1-19(7-9-3-2-6-21-9)11(20)8-22-12-17-5-4-10(18-12)13(14,15)16/h2-6H,7-8H2,1H3. The third-order valence-corrected chi connectivity index (χ3v) is 4.35. The molecule has 0 saturated carbocycles. The van der Waals surface area contributed by atoms with E-state index >= 15 is 0 Å². The molecule has 4 nitrogen and oxygen atoms in total. The summed E-state index contributed by atoms with van der Waals surface area (Å²) in [5.41, 5.74) is -1.01. The second kappa shape index (κ2) is 7.10. The van der Waals surface area contributed by atoms with Crippen molar-refractivity contribution in [2.45, 2.75) is 17.9 Å². The van der Waals surface area contributed by atoms with Gasteiger partial charge in [-0.05, 0) is 17.5 Å². The zero-order chi connectivity index (χ0) is 16.2. The molecule has 0 N–H and O–H groups in total. The van der Waals surface area contributed by atoms with Crippen LogP contribution in [0.5, 0.6) is 0 Å². The summed E-state index contributed by atoms with van der Waals surface area (Å²) in [5.74, 6) is -0.206. The number of rotatable bonds is 5. The summed E-state index contributed by atoms with van der Waals surface area (Å²) >= 11 is 2.43. The zero-order valence-corrected chi connectivity index (χ0v) is 13.1. The molecule has 2 heterocycles. The number of hydrogen-bond donors (Lipinski definition) is 0. The monoisotopic (exact) mass is 347 g/mol. The van der Waals surface area contributed by atoms with Gasteiger partial charge < -0.3 is 4.90 Å². The lowest BCUT2D eigenvalue weighted by Gasteiger charge is -2.15. The number of nitrogens with zero attached hydrogens (tertiary/aromatic N) is 3. The van der Waals surface area contributed by atoms with Gasteiger partial charge in [-0.15, -0.1) is 11.3 Å². The molecule has 2 rings (SSSR count). The molecule has 0 aliphatic rings. The van der Waals surface area contributed by atoms with E-state index in [1.165, 1.54) is 16.2 Å². The van der Waals surface area contributed by atoms with E-state index in [0.717, 1.165) is 28.9 Å². The first-order valence-electron chi connectivity index (χ1n) is 6.15. The van der Waals surface area contributed by atoms with E-state index in [9.17, 15) is 18.0 Å². The summed E-state index contributed by atoms with van der Waals surface area (Å²) in [7, 11) is 1.65. The van der Waals surface area contributed by atoms with Gasteiger partial charge in [0.25, 0.3) is 0 Å². The van der Waals surface area contributed by atoms with Crippen LogP contribution in [-0.2, 0) is 17.5 Å². The Morgan fingerprint density at radius 2 is 2.18 bits per heavy atom. The van der Waals surface area contributed by atoms with E-state index in [0.29, 0.717) is 6.54 Å². The molecule has 0 spiro atoms. The molecule has 0 aromatic carbocycles. The molecule has 0 saturated heterocycles. The molecular weight excluding hydrogens is 335 g/mol. The van der Waals surface area contributed by atoms with E-state index in [2.05, 4.69) is 9.97 Å². The molecule has 0 unspecified atom stereocenters. The van der Waals surface area contributed by atoms with Gasteiger partial charge in [-0.2, -0.15) is 13.2 Å². The Labute approximate surface area is 133 Å². The molecular formula is C13H12F3N3OS2. The number of thiophene rings is 1. The first-order chi connectivity index (χ1) is 10.4. The summed E-state index contributed by atoms with van der Waals surface area (Å²) < 4.78 is 37.6. The summed E-state index contributed by atoms with van der Waals surface area (Å²) in [6.45, 7) is 0.473. The van der Waals surface area contributed by atoms with Crippen LogP contribution in [0.3, 0.4) is 0 Å². The SMILES string of the molecule is CN(Cc1cccs1)C(=O)CSc1nccc(C(F)(F)F)n1. The van der Waals surface area contributed by atoms with Crippen LogP contribution in [0.15, 0.2) is 34.9 Å². The highest BCUT2D eigenvalue weighted by Gasteiger charge is 2.32. The fourth-order valence-corrected chi connectivity index (χ4v) is 3.06. The number of thioether (sulfide) groups is 1. The van der Waals surface area contributed by atoms with Gasteiger partial charge in [-0.25, -0.2) is 9.97 Å². The highest BCUT2D eigenvalue weighted by molar-refractivity contribution is 7.99. The predicted molar refractivity (Wildman–Crippen MR) is 78.6 cm³/mol. The van der Waals surface area contributed by atoms with Crippen LogP contribution in [0.1, 0.15) is 10.6 Å².